The van der Waals surface area contributed by atoms with Gasteiger partial charge in [0.15, 0.2) is 5.11 Å². The number of thiazole rings is 1. The predicted molar refractivity (Wildman–Crippen MR) is 78.8 cm³/mol. The van der Waals surface area contributed by atoms with E-state index in [1.807, 2.05) is 19.1 Å². The van der Waals surface area contributed by atoms with Gasteiger partial charge in [-0.25, -0.2) is 4.98 Å². The fourth-order valence-corrected chi connectivity index (χ4v) is 2.77. The zero-order valence-electron chi connectivity index (χ0n) is 10.1. The number of aromatic nitrogens is 1. The van der Waals surface area contributed by atoms with E-state index in [4.69, 9.17) is 12.2 Å². The third-order valence-corrected chi connectivity index (χ3v) is 3.33. The molecule has 0 unspecified atom stereocenters. The molecule has 0 aliphatic rings. The van der Waals surface area contributed by atoms with Crippen LogP contribution in [0.15, 0.2) is 18.2 Å². The number of fused-ring (bicyclic) bond motifs is 1. The van der Waals surface area contributed by atoms with Crippen LogP contribution in [0.1, 0.15) is 18.9 Å². The maximum atomic E-state index is 5.21. The van der Waals surface area contributed by atoms with Gasteiger partial charge < -0.3 is 10.6 Å². The van der Waals surface area contributed by atoms with E-state index in [9.17, 15) is 0 Å². The van der Waals surface area contributed by atoms with Crippen LogP contribution in [-0.2, 0) is 0 Å². The summed E-state index contributed by atoms with van der Waals surface area (Å²) in [4.78, 5) is 4.42. The molecule has 5 heteroatoms. The van der Waals surface area contributed by atoms with Crippen LogP contribution < -0.4 is 10.6 Å². The molecule has 0 fully saturated rings. The topological polar surface area (TPSA) is 37.0 Å². The van der Waals surface area contributed by atoms with Crippen LogP contribution in [0.4, 0.5) is 5.69 Å². The van der Waals surface area contributed by atoms with E-state index in [1.165, 1.54) is 4.70 Å². The largest absolute Gasteiger partial charge is 0.360 e. The molecule has 2 rings (SSSR count). The zero-order chi connectivity index (χ0) is 12.4. The minimum absolute atomic E-state index is 0.337. The second-order valence-corrected chi connectivity index (χ2v) is 5.81. The molecule has 0 spiro atoms. The Morgan fingerprint density at radius 2 is 2.18 bits per heavy atom. The van der Waals surface area contributed by atoms with Crippen molar-refractivity contribution < 1.29 is 0 Å². The second kappa shape index (κ2) is 4.98. The number of rotatable bonds is 2. The second-order valence-electron chi connectivity index (χ2n) is 4.17. The van der Waals surface area contributed by atoms with E-state index in [0.717, 1.165) is 16.2 Å². The van der Waals surface area contributed by atoms with Crippen LogP contribution in [0, 0.1) is 6.92 Å². The Morgan fingerprint density at radius 3 is 2.88 bits per heavy atom. The third kappa shape index (κ3) is 3.14. The number of hydrogen-bond acceptors (Lipinski definition) is 3. The third-order valence-electron chi connectivity index (χ3n) is 2.17. The number of benzene rings is 1. The molecule has 1 aromatic carbocycles. The fraction of sp³-hybridized carbons (Fsp3) is 0.333. The van der Waals surface area contributed by atoms with Gasteiger partial charge in [0.05, 0.1) is 15.2 Å². The summed E-state index contributed by atoms with van der Waals surface area (Å²) in [6.07, 6.45) is 0. The lowest BCUT2D eigenvalue weighted by Crippen LogP contribution is -2.33. The predicted octanol–water partition coefficient (Wildman–Crippen LogP) is 3.30. The van der Waals surface area contributed by atoms with Gasteiger partial charge in [0.1, 0.15) is 0 Å². The molecule has 2 N–H and O–H groups in total. The number of hydrogen-bond donors (Lipinski definition) is 2. The molecule has 0 saturated heterocycles. The number of thiocarbonyl (C=S) groups is 1. The molecule has 2 aromatic rings. The number of nitrogens with zero attached hydrogens (tertiary/aromatic N) is 1. The van der Waals surface area contributed by atoms with Crippen LogP contribution in [0.2, 0.25) is 0 Å². The highest BCUT2D eigenvalue weighted by molar-refractivity contribution is 7.80. The number of anilines is 1. The Labute approximate surface area is 110 Å². The summed E-state index contributed by atoms with van der Waals surface area (Å²) in [7, 11) is 0. The highest BCUT2D eigenvalue weighted by atomic mass is 32.1. The summed E-state index contributed by atoms with van der Waals surface area (Å²) in [6.45, 7) is 6.14. The van der Waals surface area contributed by atoms with Gasteiger partial charge in [0.25, 0.3) is 0 Å². The van der Waals surface area contributed by atoms with Crippen LogP contribution in [0.5, 0.6) is 0 Å². The van der Waals surface area contributed by atoms with Gasteiger partial charge in [-0.2, -0.15) is 0 Å². The van der Waals surface area contributed by atoms with Gasteiger partial charge in [0, 0.05) is 11.7 Å². The summed E-state index contributed by atoms with van der Waals surface area (Å²) in [5.41, 5.74) is 2.04. The molecule has 3 nitrogen and oxygen atoms in total. The van der Waals surface area contributed by atoms with E-state index in [2.05, 4.69) is 35.5 Å². The van der Waals surface area contributed by atoms with Crippen molar-refractivity contribution in [2.45, 2.75) is 26.8 Å². The molecule has 0 bridgehead atoms. The normalized spacial score (nSPS) is 10.8. The number of aryl methyl sites for hydroxylation is 1. The lowest BCUT2D eigenvalue weighted by molar-refractivity contribution is 0.739. The highest BCUT2D eigenvalue weighted by Crippen LogP contribution is 2.24. The molecule has 0 radical (unpaired) electrons. The van der Waals surface area contributed by atoms with Gasteiger partial charge in [-0.05, 0) is 51.2 Å². The van der Waals surface area contributed by atoms with Crippen molar-refractivity contribution in [2.75, 3.05) is 5.32 Å². The van der Waals surface area contributed by atoms with Crippen LogP contribution >= 0.6 is 23.6 Å². The first-order valence-corrected chi connectivity index (χ1v) is 6.72. The minimum Gasteiger partial charge on any atom is -0.360 e. The Bertz CT molecular complexity index is 546. The SMILES string of the molecule is Cc1nc2ccc(NC(=S)NC(C)C)cc2s1. The van der Waals surface area contributed by atoms with Gasteiger partial charge in [-0.15, -0.1) is 11.3 Å². The zero-order valence-corrected chi connectivity index (χ0v) is 11.7. The van der Waals surface area contributed by atoms with E-state index < -0.39 is 0 Å². The summed E-state index contributed by atoms with van der Waals surface area (Å²) < 4.78 is 1.18. The Morgan fingerprint density at radius 1 is 1.41 bits per heavy atom. The molecule has 0 aliphatic heterocycles. The maximum Gasteiger partial charge on any atom is 0.170 e. The lowest BCUT2D eigenvalue weighted by atomic mass is 10.3. The Kier molecular flexibility index (Phi) is 3.59. The van der Waals surface area contributed by atoms with Crippen LogP contribution in [0.25, 0.3) is 10.2 Å². The van der Waals surface area contributed by atoms with Gasteiger partial charge >= 0.3 is 0 Å². The highest BCUT2D eigenvalue weighted by Gasteiger charge is 2.03. The van der Waals surface area contributed by atoms with Gasteiger partial charge in [-0.1, -0.05) is 0 Å². The fourth-order valence-electron chi connectivity index (χ4n) is 1.55. The average molecular weight is 265 g/mol. The smallest absolute Gasteiger partial charge is 0.170 e. The first kappa shape index (κ1) is 12.3. The molecular weight excluding hydrogens is 250 g/mol. The summed E-state index contributed by atoms with van der Waals surface area (Å²) in [5, 5.41) is 8.06. The average Bonchev–Trinajstić information content (AvgIpc) is 2.55. The summed E-state index contributed by atoms with van der Waals surface area (Å²) >= 11 is 6.90. The van der Waals surface area contributed by atoms with Crippen molar-refractivity contribution in [1.29, 1.82) is 0 Å². The van der Waals surface area contributed by atoms with Crippen molar-refractivity contribution in [1.82, 2.24) is 10.3 Å². The molecule has 1 heterocycles. The molecule has 0 aliphatic carbocycles. The first-order chi connectivity index (χ1) is 8.04. The Balaban J connectivity index is 2.16. The summed E-state index contributed by atoms with van der Waals surface area (Å²) in [5.74, 6) is 0. The lowest BCUT2D eigenvalue weighted by Gasteiger charge is -2.12. The quantitative estimate of drug-likeness (QED) is 0.817. The number of nitrogens with one attached hydrogen (secondary N) is 2. The van der Waals surface area contributed by atoms with Crippen molar-refractivity contribution in [2.24, 2.45) is 0 Å². The van der Waals surface area contributed by atoms with Crippen molar-refractivity contribution in [3.63, 3.8) is 0 Å². The van der Waals surface area contributed by atoms with Crippen molar-refractivity contribution in [3.8, 4) is 0 Å². The van der Waals surface area contributed by atoms with Gasteiger partial charge in [0.2, 0.25) is 0 Å². The minimum atomic E-state index is 0.337. The van der Waals surface area contributed by atoms with E-state index in [1.54, 1.807) is 11.3 Å². The van der Waals surface area contributed by atoms with Crippen molar-refractivity contribution in [3.05, 3.63) is 23.2 Å². The van der Waals surface area contributed by atoms with E-state index in [0.29, 0.717) is 11.2 Å². The monoisotopic (exact) mass is 265 g/mol. The molecule has 90 valence electrons. The summed E-state index contributed by atoms with van der Waals surface area (Å²) in [6, 6.07) is 6.42. The van der Waals surface area contributed by atoms with E-state index >= 15 is 0 Å². The molecule has 0 atom stereocenters. The van der Waals surface area contributed by atoms with Gasteiger partial charge in [-0.3, -0.25) is 0 Å². The molecule has 1 aromatic heterocycles. The maximum absolute atomic E-state index is 5.21. The van der Waals surface area contributed by atoms with E-state index in [-0.39, 0.29) is 0 Å². The molecular formula is C12H15N3S2. The van der Waals surface area contributed by atoms with Crippen LogP contribution in [-0.4, -0.2) is 16.1 Å². The molecule has 0 saturated carbocycles. The van der Waals surface area contributed by atoms with Crippen LogP contribution in [0.3, 0.4) is 0 Å². The molecule has 0 amide bonds. The van der Waals surface area contributed by atoms with Crippen molar-refractivity contribution >= 4 is 44.6 Å². The standard InChI is InChI=1S/C12H15N3S2/c1-7(2)13-12(16)15-9-4-5-10-11(6-9)17-8(3)14-10/h4-7H,1-3H3,(H2,13,15,16). The molecule has 17 heavy (non-hydrogen) atoms. The Hall–Kier alpha value is -1.20. The first-order valence-electron chi connectivity index (χ1n) is 5.49.